The molecule has 0 fully saturated rings. The first-order valence-corrected chi connectivity index (χ1v) is 7.54. The average Bonchev–Trinajstić information content (AvgIpc) is 2.56. The fourth-order valence-corrected chi connectivity index (χ4v) is 3.06. The van der Waals surface area contributed by atoms with Gasteiger partial charge in [0.2, 0.25) is 0 Å². The molecule has 0 radical (unpaired) electrons. The van der Waals surface area contributed by atoms with Gasteiger partial charge in [0.05, 0.1) is 14.2 Å². The molecule has 1 heterocycles. The summed E-state index contributed by atoms with van der Waals surface area (Å²) in [6, 6.07) is 8.29. The van der Waals surface area contributed by atoms with Crippen LogP contribution < -0.4 is 14.8 Å². The van der Waals surface area contributed by atoms with Crippen molar-refractivity contribution in [1.29, 1.82) is 0 Å². The standard InChI is InChI=1S/C18H19F2NO2/c1-22-17-4-3-11(8-18(17)23-2)7-16-13-10-15(20)14(19)9-12(13)5-6-21-16/h3-4,8-10,16,21H,5-7H2,1-2H3/t16-/m0/s1. The fourth-order valence-electron chi connectivity index (χ4n) is 3.06. The Balaban J connectivity index is 1.89. The van der Waals surface area contributed by atoms with Crippen LogP contribution in [0.3, 0.4) is 0 Å². The molecule has 0 bridgehead atoms. The minimum Gasteiger partial charge on any atom is -0.493 e. The summed E-state index contributed by atoms with van der Waals surface area (Å²) in [5.74, 6) is -0.257. The number of hydrogen-bond donors (Lipinski definition) is 1. The molecular weight excluding hydrogens is 300 g/mol. The van der Waals surface area contributed by atoms with E-state index in [1.807, 2.05) is 18.2 Å². The third-order valence-corrected chi connectivity index (χ3v) is 4.23. The van der Waals surface area contributed by atoms with Gasteiger partial charge in [-0.2, -0.15) is 0 Å². The van der Waals surface area contributed by atoms with Crippen LogP contribution in [0.2, 0.25) is 0 Å². The molecule has 5 heteroatoms. The highest BCUT2D eigenvalue weighted by Gasteiger charge is 2.22. The molecule has 1 aliphatic heterocycles. The van der Waals surface area contributed by atoms with Crippen molar-refractivity contribution in [2.75, 3.05) is 20.8 Å². The maximum absolute atomic E-state index is 13.6. The van der Waals surface area contributed by atoms with Crippen molar-refractivity contribution in [1.82, 2.24) is 5.32 Å². The van der Waals surface area contributed by atoms with E-state index in [0.29, 0.717) is 24.3 Å². The van der Waals surface area contributed by atoms with E-state index in [9.17, 15) is 8.78 Å². The summed E-state index contributed by atoms with van der Waals surface area (Å²) in [6.07, 6.45) is 1.37. The van der Waals surface area contributed by atoms with E-state index in [-0.39, 0.29) is 6.04 Å². The van der Waals surface area contributed by atoms with E-state index >= 15 is 0 Å². The molecule has 3 nitrogen and oxygen atoms in total. The molecule has 0 aromatic heterocycles. The molecule has 1 atom stereocenters. The molecule has 2 aromatic rings. The molecule has 1 N–H and O–H groups in total. The van der Waals surface area contributed by atoms with Gasteiger partial charge < -0.3 is 14.8 Å². The van der Waals surface area contributed by atoms with Crippen LogP contribution in [-0.4, -0.2) is 20.8 Å². The van der Waals surface area contributed by atoms with Crippen molar-refractivity contribution in [2.24, 2.45) is 0 Å². The Kier molecular flexibility index (Phi) is 4.48. The number of methoxy groups -OCH3 is 2. The highest BCUT2D eigenvalue weighted by atomic mass is 19.2. The van der Waals surface area contributed by atoms with Gasteiger partial charge in [0.25, 0.3) is 0 Å². The first-order valence-electron chi connectivity index (χ1n) is 7.54. The van der Waals surface area contributed by atoms with Crippen LogP contribution in [0.15, 0.2) is 30.3 Å². The summed E-state index contributed by atoms with van der Waals surface area (Å²) in [6.45, 7) is 0.746. The van der Waals surface area contributed by atoms with Gasteiger partial charge in [-0.1, -0.05) is 6.07 Å². The molecule has 0 saturated carbocycles. The Morgan fingerprint density at radius 1 is 1.04 bits per heavy atom. The van der Waals surface area contributed by atoms with Crippen LogP contribution in [0.25, 0.3) is 0 Å². The van der Waals surface area contributed by atoms with E-state index in [4.69, 9.17) is 9.47 Å². The zero-order valence-corrected chi connectivity index (χ0v) is 13.2. The van der Waals surface area contributed by atoms with Gasteiger partial charge >= 0.3 is 0 Å². The number of fused-ring (bicyclic) bond motifs is 1. The summed E-state index contributed by atoms with van der Waals surface area (Å²) in [5, 5.41) is 3.38. The second-order valence-electron chi connectivity index (χ2n) is 5.62. The van der Waals surface area contributed by atoms with E-state index in [0.717, 1.165) is 23.2 Å². The smallest absolute Gasteiger partial charge is 0.160 e. The van der Waals surface area contributed by atoms with Crippen molar-refractivity contribution >= 4 is 0 Å². The predicted octanol–water partition coefficient (Wildman–Crippen LogP) is 3.41. The number of hydrogen-bond acceptors (Lipinski definition) is 3. The molecule has 0 saturated heterocycles. The maximum Gasteiger partial charge on any atom is 0.160 e. The Labute approximate surface area is 134 Å². The van der Waals surface area contributed by atoms with Crippen LogP contribution in [0, 0.1) is 11.6 Å². The Morgan fingerprint density at radius 2 is 1.78 bits per heavy atom. The van der Waals surface area contributed by atoms with E-state index in [1.54, 1.807) is 14.2 Å². The summed E-state index contributed by atoms with van der Waals surface area (Å²) < 4.78 is 37.6. The average molecular weight is 319 g/mol. The van der Waals surface area contributed by atoms with Crippen molar-refractivity contribution in [2.45, 2.75) is 18.9 Å². The second-order valence-corrected chi connectivity index (χ2v) is 5.62. The Hall–Kier alpha value is -2.14. The van der Waals surface area contributed by atoms with E-state index in [2.05, 4.69) is 5.32 Å². The third-order valence-electron chi connectivity index (χ3n) is 4.23. The Bertz CT molecular complexity index is 718. The van der Waals surface area contributed by atoms with Crippen molar-refractivity contribution in [3.05, 3.63) is 58.7 Å². The topological polar surface area (TPSA) is 30.5 Å². The molecule has 23 heavy (non-hydrogen) atoms. The first kappa shape index (κ1) is 15.7. The number of benzene rings is 2. The van der Waals surface area contributed by atoms with Gasteiger partial charge in [0.15, 0.2) is 23.1 Å². The molecular formula is C18H19F2NO2. The summed E-state index contributed by atoms with van der Waals surface area (Å²) in [4.78, 5) is 0. The minimum absolute atomic E-state index is 0.0491. The molecule has 0 amide bonds. The number of rotatable bonds is 4. The first-order chi connectivity index (χ1) is 11.1. The zero-order chi connectivity index (χ0) is 16.4. The molecule has 3 rings (SSSR count). The van der Waals surface area contributed by atoms with Crippen molar-refractivity contribution in [3.8, 4) is 11.5 Å². The fraction of sp³-hybridized carbons (Fsp3) is 0.333. The van der Waals surface area contributed by atoms with Crippen LogP contribution in [-0.2, 0) is 12.8 Å². The van der Waals surface area contributed by atoms with Crippen molar-refractivity contribution < 1.29 is 18.3 Å². The van der Waals surface area contributed by atoms with E-state index in [1.165, 1.54) is 12.1 Å². The lowest BCUT2D eigenvalue weighted by molar-refractivity contribution is 0.354. The highest BCUT2D eigenvalue weighted by molar-refractivity contribution is 5.44. The van der Waals surface area contributed by atoms with Gasteiger partial charge in [0.1, 0.15) is 0 Å². The maximum atomic E-state index is 13.6. The monoisotopic (exact) mass is 319 g/mol. The molecule has 122 valence electrons. The van der Waals surface area contributed by atoms with Crippen LogP contribution in [0.4, 0.5) is 8.78 Å². The molecule has 0 aliphatic carbocycles. The lowest BCUT2D eigenvalue weighted by Crippen LogP contribution is -2.31. The molecule has 2 aromatic carbocycles. The van der Waals surface area contributed by atoms with Crippen molar-refractivity contribution in [3.63, 3.8) is 0 Å². The van der Waals surface area contributed by atoms with Gasteiger partial charge in [0, 0.05) is 6.04 Å². The van der Waals surface area contributed by atoms with Crippen LogP contribution >= 0.6 is 0 Å². The van der Waals surface area contributed by atoms with Crippen LogP contribution in [0.1, 0.15) is 22.7 Å². The van der Waals surface area contributed by atoms with Gasteiger partial charge in [-0.05, 0) is 60.3 Å². The zero-order valence-electron chi connectivity index (χ0n) is 13.2. The number of nitrogens with one attached hydrogen (secondary N) is 1. The largest absolute Gasteiger partial charge is 0.493 e. The van der Waals surface area contributed by atoms with Gasteiger partial charge in [-0.25, -0.2) is 8.78 Å². The van der Waals surface area contributed by atoms with Gasteiger partial charge in [-0.3, -0.25) is 0 Å². The normalized spacial score (nSPS) is 16.8. The predicted molar refractivity (Wildman–Crippen MR) is 84.1 cm³/mol. The van der Waals surface area contributed by atoms with Crippen LogP contribution in [0.5, 0.6) is 11.5 Å². The van der Waals surface area contributed by atoms with E-state index < -0.39 is 11.6 Å². The summed E-state index contributed by atoms with van der Waals surface area (Å²) in [5.41, 5.74) is 2.73. The second kappa shape index (κ2) is 6.54. The molecule has 1 aliphatic rings. The molecule has 0 unspecified atom stereocenters. The Morgan fingerprint density at radius 3 is 2.52 bits per heavy atom. The summed E-state index contributed by atoms with van der Waals surface area (Å²) in [7, 11) is 3.18. The minimum atomic E-state index is -0.801. The van der Waals surface area contributed by atoms with Gasteiger partial charge in [-0.15, -0.1) is 0 Å². The number of ether oxygens (including phenoxy) is 2. The molecule has 0 spiro atoms. The quantitative estimate of drug-likeness (QED) is 0.937. The summed E-state index contributed by atoms with van der Waals surface area (Å²) >= 11 is 0. The highest BCUT2D eigenvalue weighted by Crippen LogP contribution is 2.32. The lowest BCUT2D eigenvalue weighted by Gasteiger charge is -2.27. The third kappa shape index (κ3) is 3.15. The SMILES string of the molecule is COc1ccc(C[C@@H]2NCCc3cc(F)c(F)cc32)cc1OC. The number of halogens is 2. The lowest BCUT2D eigenvalue weighted by atomic mass is 9.90.